The van der Waals surface area contributed by atoms with E-state index in [9.17, 15) is 13.2 Å². The van der Waals surface area contributed by atoms with Gasteiger partial charge in [-0.25, -0.2) is 13.2 Å². The third-order valence-corrected chi connectivity index (χ3v) is 5.74. The van der Waals surface area contributed by atoms with Crippen molar-refractivity contribution in [2.75, 3.05) is 20.2 Å². The van der Waals surface area contributed by atoms with Crippen LogP contribution in [-0.2, 0) is 14.8 Å². The lowest BCUT2D eigenvalue weighted by Gasteiger charge is -2.15. The van der Waals surface area contributed by atoms with Crippen molar-refractivity contribution >= 4 is 27.3 Å². The van der Waals surface area contributed by atoms with Gasteiger partial charge in [0.25, 0.3) is 0 Å². The molecule has 0 bridgehead atoms. The van der Waals surface area contributed by atoms with E-state index in [4.69, 9.17) is 5.73 Å². The maximum absolute atomic E-state index is 12.4. The highest BCUT2D eigenvalue weighted by Crippen LogP contribution is 2.27. The molecular weight excluding hydrogens is 276 g/mol. The van der Waals surface area contributed by atoms with Crippen LogP contribution in [0.3, 0.4) is 0 Å². The zero-order valence-corrected chi connectivity index (χ0v) is 11.5. The lowest BCUT2D eigenvalue weighted by Crippen LogP contribution is -2.32. The summed E-state index contributed by atoms with van der Waals surface area (Å²) in [4.78, 5) is 11.6. The first-order chi connectivity index (χ1) is 8.46. The second-order valence-corrected chi connectivity index (χ2v) is 6.84. The van der Waals surface area contributed by atoms with E-state index in [-0.39, 0.29) is 15.8 Å². The molecule has 0 radical (unpaired) electrons. The molecule has 0 spiro atoms. The lowest BCUT2D eigenvalue weighted by molar-refractivity contribution is 0.0602. The van der Waals surface area contributed by atoms with Crippen LogP contribution in [-0.4, -0.2) is 44.9 Å². The highest BCUT2D eigenvalue weighted by molar-refractivity contribution is 7.89. The number of methoxy groups -OCH3 is 1. The number of ether oxygens (including phenoxy) is 1. The van der Waals surface area contributed by atoms with Crippen LogP contribution in [0.15, 0.2) is 16.3 Å². The Morgan fingerprint density at radius 1 is 1.61 bits per heavy atom. The number of hydrogen-bond acceptors (Lipinski definition) is 6. The molecule has 2 rings (SSSR count). The van der Waals surface area contributed by atoms with Crippen molar-refractivity contribution in [2.24, 2.45) is 5.73 Å². The Kier molecular flexibility index (Phi) is 3.71. The van der Waals surface area contributed by atoms with Crippen LogP contribution in [0.2, 0.25) is 0 Å². The summed E-state index contributed by atoms with van der Waals surface area (Å²) in [6, 6.07) is 1.29. The van der Waals surface area contributed by atoms with E-state index in [2.05, 4.69) is 4.74 Å². The summed E-state index contributed by atoms with van der Waals surface area (Å²) in [6.45, 7) is 0.679. The molecule has 6 nitrogen and oxygen atoms in total. The summed E-state index contributed by atoms with van der Waals surface area (Å²) in [6.07, 6.45) is 0.636. The molecule has 1 aliphatic rings. The van der Waals surface area contributed by atoms with Crippen molar-refractivity contribution in [3.05, 3.63) is 16.3 Å². The number of nitrogens with two attached hydrogens (primary N) is 1. The molecule has 0 unspecified atom stereocenters. The van der Waals surface area contributed by atoms with Gasteiger partial charge in [-0.05, 0) is 17.9 Å². The number of carbonyl (C=O) groups excluding carboxylic acids is 1. The van der Waals surface area contributed by atoms with Gasteiger partial charge in [-0.2, -0.15) is 4.31 Å². The van der Waals surface area contributed by atoms with E-state index in [0.29, 0.717) is 19.5 Å². The van der Waals surface area contributed by atoms with E-state index in [0.717, 1.165) is 11.3 Å². The van der Waals surface area contributed by atoms with E-state index in [1.165, 1.54) is 17.5 Å². The van der Waals surface area contributed by atoms with Crippen molar-refractivity contribution in [3.8, 4) is 0 Å². The first-order valence-corrected chi connectivity index (χ1v) is 7.70. The average Bonchev–Trinajstić information content (AvgIpc) is 2.96. The Morgan fingerprint density at radius 3 is 2.89 bits per heavy atom. The molecule has 0 saturated carbocycles. The second-order valence-electron chi connectivity index (χ2n) is 4.02. The zero-order valence-electron chi connectivity index (χ0n) is 9.83. The van der Waals surface area contributed by atoms with Crippen LogP contribution in [0.1, 0.15) is 16.1 Å². The van der Waals surface area contributed by atoms with Crippen molar-refractivity contribution in [1.29, 1.82) is 0 Å². The van der Waals surface area contributed by atoms with Gasteiger partial charge in [0.1, 0.15) is 9.77 Å². The minimum atomic E-state index is -3.65. The number of thiophene rings is 1. The van der Waals surface area contributed by atoms with Crippen LogP contribution in [0.5, 0.6) is 0 Å². The van der Waals surface area contributed by atoms with Crippen molar-refractivity contribution in [3.63, 3.8) is 0 Å². The molecule has 100 valence electrons. The van der Waals surface area contributed by atoms with Gasteiger partial charge in [0.05, 0.1) is 7.11 Å². The number of esters is 1. The van der Waals surface area contributed by atoms with Crippen molar-refractivity contribution < 1.29 is 17.9 Å². The molecule has 1 aromatic rings. The molecule has 0 aliphatic carbocycles. The topological polar surface area (TPSA) is 89.7 Å². The maximum Gasteiger partial charge on any atom is 0.349 e. The summed E-state index contributed by atoms with van der Waals surface area (Å²) in [5.74, 6) is -0.632. The third-order valence-electron chi connectivity index (χ3n) is 2.81. The molecule has 1 saturated heterocycles. The fourth-order valence-electron chi connectivity index (χ4n) is 1.85. The minimum Gasteiger partial charge on any atom is -0.465 e. The largest absolute Gasteiger partial charge is 0.465 e. The third kappa shape index (κ3) is 2.28. The average molecular weight is 290 g/mol. The van der Waals surface area contributed by atoms with Gasteiger partial charge >= 0.3 is 5.97 Å². The molecule has 0 aromatic carbocycles. The quantitative estimate of drug-likeness (QED) is 0.806. The molecule has 1 aromatic heterocycles. The SMILES string of the molecule is COC(=O)c1sccc1S(=O)(=O)N1CC[C@H](N)C1. The normalized spacial score (nSPS) is 21.1. The molecule has 1 atom stereocenters. The van der Waals surface area contributed by atoms with Gasteiger partial charge in [-0.3, -0.25) is 0 Å². The monoisotopic (exact) mass is 290 g/mol. The number of rotatable bonds is 3. The molecule has 8 heteroatoms. The van der Waals surface area contributed by atoms with E-state index in [1.807, 2.05) is 0 Å². The van der Waals surface area contributed by atoms with E-state index >= 15 is 0 Å². The Bertz CT molecular complexity index is 552. The van der Waals surface area contributed by atoms with Gasteiger partial charge in [0.2, 0.25) is 10.0 Å². The predicted molar refractivity (Wildman–Crippen MR) is 67.0 cm³/mol. The molecule has 0 amide bonds. The lowest BCUT2D eigenvalue weighted by atomic mass is 10.3. The van der Waals surface area contributed by atoms with Crippen LogP contribution in [0.25, 0.3) is 0 Å². The first-order valence-electron chi connectivity index (χ1n) is 5.38. The fourth-order valence-corrected chi connectivity index (χ4v) is 4.67. The van der Waals surface area contributed by atoms with Crippen molar-refractivity contribution in [2.45, 2.75) is 17.4 Å². The van der Waals surface area contributed by atoms with Gasteiger partial charge in [-0.1, -0.05) is 0 Å². The Labute approximate surface area is 109 Å². The minimum absolute atomic E-state index is 0.00782. The maximum atomic E-state index is 12.4. The molecular formula is C10H14N2O4S2. The number of hydrogen-bond donors (Lipinski definition) is 1. The summed E-state index contributed by atoms with van der Waals surface area (Å²) in [5.41, 5.74) is 5.70. The smallest absolute Gasteiger partial charge is 0.349 e. The summed E-state index contributed by atoms with van der Waals surface area (Å²) in [5, 5.41) is 1.56. The Morgan fingerprint density at radius 2 is 2.33 bits per heavy atom. The highest BCUT2D eigenvalue weighted by Gasteiger charge is 2.34. The van der Waals surface area contributed by atoms with Gasteiger partial charge in [-0.15, -0.1) is 11.3 Å². The Hall–Kier alpha value is -0.960. The number of nitrogens with zero attached hydrogens (tertiary/aromatic N) is 1. The van der Waals surface area contributed by atoms with Gasteiger partial charge < -0.3 is 10.5 Å². The number of sulfonamides is 1. The highest BCUT2D eigenvalue weighted by atomic mass is 32.2. The van der Waals surface area contributed by atoms with Crippen LogP contribution < -0.4 is 5.73 Å². The molecule has 1 aliphatic heterocycles. The van der Waals surface area contributed by atoms with E-state index in [1.54, 1.807) is 5.38 Å². The second kappa shape index (κ2) is 4.96. The summed E-state index contributed by atoms with van der Waals surface area (Å²) >= 11 is 1.06. The standard InChI is InChI=1S/C10H14N2O4S2/c1-16-10(13)9-8(3-5-17-9)18(14,15)12-4-2-7(11)6-12/h3,5,7H,2,4,6,11H2,1H3/t7-/m0/s1. The zero-order chi connectivity index (χ0) is 13.3. The van der Waals surface area contributed by atoms with Crippen LogP contribution in [0, 0.1) is 0 Å². The van der Waals surface area contributed by atoms with Crippen LogP contribution in [0.4, 0.5) is 0 Å². The molecule has 2 N–H and O–H groups in total. The summed E-state index contributed by atoms with van der Waals surface area (Å²) in [7, 11) is -2.42. The van der Waals surface area contributed by atoms with Gasteiger partial charge in [0.15, 0.2) is 0 Å². The number of carbonyl (C=O) groups is 1. The fraction of sp³-hybridized carbons (Fsp3) is 0.500. The first kappa shape index (κ1) is 13.5. The molecule has 2 heterocycles. The Balaban J connectivity index is 2.36. The summed E-state index contributed by atoms with van der Waals surface area (Å²) < 4.78 is 30.6. The van der Waals surface area contributed by atoms with Crippen LogP contribution >= 0.6 is 11.3 Å². The van der Waals surface area contributed by atoms with Gasteiger partial charge in [0, 0.05) is 19.1 Å². The van der Waals surface area contributed by atoms with Crippen molar-refractivity contribution in [1.82, 2.24) is 4.31 Å². The molecule has 1 fully saturated rings. The van der Waals surface area contributed by atoms with E-state index < -0.39 is 16.0 Å². The predicted octanol–water partition coefficient (Wildman–Crippen LogP) is 0.256. The molecule has 18 heavy (non-hydrogen) atoms.